The number of amides is 1. The van der Waals surface area contributed by atoms with E-state index in [1.165, 1.54) is 0 Å². The van der Waals surface area contributed by atoms with Crippen LogP contribution < -0.4 is 5.32 Å². The molecule has 2 aromatic heterocycles. The fourth-order valence-corrected chi connectivity index (χ4v) is 4.13. The maximum atomic E-state index is 13.3. The number of nitrogens with one attached hydrogen (secondary N) is 2. The molecule has 2 N–H and O–H groups in total. The first-order valence-electron chi connectivity index (χ1n) is 10.8. The molecule has 1 aliphatic carbocycles. The standard InChI is InChI=1S/C25H29N5O2/c1-29(2)13-14-30(3)25(32)18-15-20-22(21(31)16-18)24(27-19-7-5-4-6-8-19)23(28-20)17-9-11-26-12-10-17/h4-12,18,27-28H,13-16H2,1-3H3. The van der Waals surface area contributed by atoms with Crippen molar-refractivity contribution >= 4 is 23.1 Å². The van der Waals surface area contributed by atoms with Crippen molar-refractivity contribution in [1.82, 2.24) is 19.8 Å². The second-order valence-electron chi connectivity index (χ2n) is 8.55. The van der Waals surface area contributed by atoms with Gasteiger partial charge >= 0.3 is 0 Å². The number of likely N-dealkylation sites (N-methyl/N-ethyl adjacent to an activating group) is 2. The van der Waals surface area contributed by atoms with E-state index in [2.05, 4.69) is 15.3 Å². The van der Waals surface area contributed by atoms with Crippen molar-refractivity contribution in [3.05, 3.63) is 66.1 Å². The Morgan fingerprint density at radius 1 is 1.06 bits per heavy atom. The van der Waals surface area contributed by atoms with Gasteiger partial charge in [0.05, 0.1) is 22.9 Å². The Bertz CT molecular complexity index is 1090. The summed E-state index contributed by atoms with van der Waals surface area (Å²) in [5.74, 6) is -0.347. The number of hydrogen-bond donors (Lipinski definition) is 2. The number of aromatic nitrogens is 2. The quantitative estimate of drug-likeness (QED) is 0.598. The van der Waals surface area contributed by atoms with E-state index < -0.39 is 0 Å². The van der Waals surface area contributed by atoms with E-state index in [-0.39, 0.29) is 24.0 Å². The van der Waals surface area contributed by atoms with Crippen molar-refractivity contribution in [1.29, 1.82) is 0 Å². The lowest BCUT2D eigenvalue weighted by molar-refractivity contribution is -0.134. The number of fused-ring (bicyclic) bond motifs is 1. The summed E-state index contributed by atoms with van der Waals surface area (Å²) in [6, 6.07) is 13.6. The molecule has 32 heavy (non-hydrogen) atoms. The smallest absolute Gasteiger partial charge is 0.226 e. The predicted octanol–water partition coefficient (Wildman–Crippen LogP) is 3.59. The number of pyridine rings is 1. The van der Waals surface area contributed by atoms with Crippen LogP contribution in [0.25, 0.3) is 11.3 Å². The minimum atomic E-state index is -0.351. The predicted molar refractivity (Wildman–Crippen MR) is 126 cm³/mol. The first kappa shape index (κ1) is 21.8. The molecule has 0 radical (unpaired) electrons. The summed E-state index contributed by atoms with van der Waals surface area (Å²) in [6.45, 7) is 1.42. The third-order valence-electron chi connectivity index (χ3n) is 5.86. The minimum absolute atomic E-state index is 0.0133. The van der Waals surface area contributed by atoms with E-state index in [0.717, 1.165) is 34.9 Å². The van der Waals surface area contributed by atoms with Crippen LogP contribution in [0.4, 0.5) is 11.4 Å². The third kappa shape index (κ3) is 4.57. The molecule has 1 unspecified atom stereocenters. The number of carbonyl (C=O) groups is 2. The van der Waals surface area contributed by atoms with Crippen molar-refractivity contribution in [2.45, 2.75) is 12.8 Å². The summed E-state index contributed by atoms with van der Waals surface area (Å²) in [5.41, 5.74) is 4.90. The Hall–Kier alpha value is -3.45. The second kappa shape index (κ2) is 9.36. The molecule has 1 aromatic carbocycles. The van der Waals surface area contributed by atoms with Crippen LogP contribution in [-0.2, 0) is 11.2 Å². The van der Waals surface area contributed by atoms with Gasteiger partial charge in [0.1, 0.15) is 0 Å². The highest BCUT2D eigenvalue weighted by molar-refractivity contribution is 6.09. The average molecular weight is 432 g/mol. The highest BCUT2D eigenvalue weighted by atomic mass is 16.2. The number of aromatic amines is 1. The third-order valence-corrected chi connectivity index (χ3v) is 5.86. The molecule has 0 spiro atoms. The first-order valence-corrected chi connectivity index (χ1v) is 10.8. The normalized spacial score (nSPS) is 15.5. The second-order valence-corrected chi connectivity index (χ2v) is 8.55. The number of hydrogen-bond acceptors (Lipinski definition) is 5. The zero-order valence-electron chi connectivity index (χ0n) is 18.8. The summed E-state index contributed by atoms with van der Waals surface area (Å²) < 4.78 is 0. The summed E-state index contributed by atoms with van der Waals surface area (Å²) in [4.78, 5) is 37.7. The van der Waals surface area contributed by atoms with E-state index in [9.17, 15) is 9.59 Å². The van der Waals surface area contributed by atoms with Crippen molar-refractivity contribution < 1.29 is 9.59 Å². The summed E-state index contributed by atoms with van der Waals surface area (Å²) in [6.07, 6.45) is 4.20. The molecular formula is C25H29N5O2. The zero-order chi connectivity index (χ0) is 22.7. The van der Waals surface area contributed by atoms with Gasteiger partial charge < -0.3 is 20.1 Å². The molecule has 1 aliphatic rings. The van der Waals surface area contributed by atoms with Gasteiger partial charge in [-0.25, -0.2) is 0 Å². The topological polar surface area (TPSA) is 81.3 Å². The molecule has 4 rings (SSSR count). The van der Waals surface area contributed by atoms with Crippen LogP contribution in [-0.4, -0.2) is 65.7 Å². The molecule has 0 saturated carbocycles. The number of anilines is 2. The van der Waals surface area contributed by atoms with Crippen molar-refractivity contribution in [3.8, 4) is 11.3 Å². The van der Waals surface area contributed by atoms with Crippen LogP contribution in [0.15, 0.2) is 54.9 Å². The zero-order valence-corrected chi connectivity index (χ0v) is 18.8. The summed E-state index contributed by atoms with van der Waals surface area (Å²) in [7, 11) is 5.77. The number of para-hydroxylation sites is 1. The Morgan fingerprint density at radius 2 is 1.78 bits per heavy atom. The lowest BCUT2D eigenvalue weighted by Gasteiger charge is -2.27. The molecule has 0 aliphatic heterocycles. The fourth-order valence-electron chi connectivity index (χ4n) is 4.13. The van der Waals surface area contributed by atoms with E-state index in [4.69, 9.17) is 0 Å². The number of ketones is 1. The van der Waals surface area contributed by atoms with Crippen molar-refractivity contribution in [2.75, 3.05) is 39.5 Å². The fraction of sp³-hybridized carbons (Fsp3) is 0.320. The maximum absolute atomic E-state index is 13.3. The maximum Gasteiger partial charge on any atom is 0.226 e. The molecule has 1 atom stereocenters. The molecule has 0 bridgehead atoms. The molecule has 2 heterocycles. The Balaban J connectivity index is 1.67. The Kier molecular flexibility index (Phi) is 6.37. The highest BCUT2D eigenvalue weighted by Gasteiger charge is 2.36. The van der Waals surface area contributed by atoms with Gasteiger partial charge in [-0.3, -0.25) is 14.6 Å². The van der Waals surface area contributed by atoms with Gasteiger partial charge in [-0.05, 0) is 38.4 Å². The minimum Gasteiger partial charge on any atom is -0.356 e. The van der Waals surface area contributed by atoms with Crippen LogP contribution in [0.5, 0.6) is 0 Å². The number of benzene rings is 1. The average Bonchev–Trinajstić information content (AvgIpc) is 3.16. The van der Waals surface area contributed by atoms with E-state index in [1.807, 2.05) is 68.5 Å². The molecule has 3 aromatic rings. The molecule has 1 amide bonds. The van der Waals surface area contributed by atoms with E-state index in [1.54, 1.807) is 17.3 Å². The molecule has 7 heteroatoms. The van der Waals surface area contributed by atoms with Gasteiger partial charge in [-0.15, -0.1) is 0 Å². The van der Waals surface area contributed by atoms with Crippen LogP contribution in [0, 0.1) is 5.92 Å². The number of H-pyrrole nitrogens is 1. The Morgan fingerprint density at radius 3 is 2.47 bits per heavy atom. The van der Waals surface area contributed by atoms with Crippen molar-refractivity contribution in [3.63, 3.8) is 0 Å². The SMILES string of the molecule is CN(C)CCN(C)C(=O)C1CC(=O)c2c([nH]c(-c3ccncc3)c2Nc2ccccc2)C1. The summed E-state index contributed by atoms with van der Waals surface area (Å²) in [5, 5.41) is 3.44. The van der Waals surface area contributed by atoms with Crippen LogP contribution in [0.1, 0.15) is 22.5 Å². The van der Waals surface area contributed by atoms with E-state index in [0.29, 0.717) is 18.5 Å². The van der Waals surface area contributed by atoms with Gasteiger partial charge in [0.15, 0.2) is 5.78 Å². The van der Waals surface area contributed by atoms with Gasteiger partial charge in [0.25, 0.3) is 0 Å². The molecular weight excluding hydrogens is 402 g/mol. The van der Waals surface area contributed by atoms with Crippen molar-refractivity contribution in [2.24, 2.45) is 5.92 Å². The largest absolute Gasteiger partial charge is 0.356 e. The van der Waals surface area contributed by atoms with Crippen LogP contribution in [0.2, 0.25) is 0 Å². The lowest BCUT2D eigenvalue weighted by Crippen LogP contribution is -2.40. The number of carbonyl (C=O) groups excluding carboxylic acids is 2. The molecule has 0 fully saturated rings. The molecule has 0 saturated heterocycles. The number of nitrogens with zero attached hydrogens (tertiary/aromatic N) is 3. The highest BCUT2D eigenvalue weighted by Crippen LogP contribution is 2.40. The number of Topliss-reactive ketones (excluding diaryl/α,β-unsaturated/α-hetero) is 1. The molecule has 166 valence electrons. The first-order chi connectivity index (χ1) is 15.4. The van der Waals surface area contributed by atoms with E-state index >= 15 is 0 Å². The van der Waals surface area contributed by atoms with Crippen LogP contribution in [0.3, 0.4) is 0 Å². The van der Waals surface area contributed by atoms with Crippen LogP contribution >= 0.6 is 0 Å². The monoisotopic (exact) mass is 431 g/mol. The van der Waals surface area contributed by atoms with Gasteiger partial charge in [-0.1, -0.05) is 18.2 Å². The molecule has 7 nitrogen and oxygen atoms in total. The summed E-state index contributed by atoms with van der Waals surface area (Å²) >= 11 is 0. The van der Waals surface area contributed by atoms with Gasteiger partial charge in [0, 0.05) is 62.3 Å². The number of rotatable bonds is 7. The van der Waals surface area contributed by atoms with Gasteiger partial charge in [-0.2, -0.15) is 0 Å². The Labute approximate surface area is 188 Å². The van der Waals surface area contributed by atoms with Gasteiger partial charge in [0.2, 0.25) is 5.91 Å². The lowest BCUT2D eigenvalue weighted by atomic mass is 9.85.